The molecule has 0 aromatic rings. The summed E-state index contributed by atoms with van der Waals surface area (Å²) >= 11 is 0. The highest BCUT2D eigenvalue weighted by atomic mass is 16.5. The highest BCUT2D eigenvalue weighted by Crippen LogP contribution is 1.78. The van der Waals surface area contributed by atoms with E-state index >= 15 is 0 Å². The van der Waals surface area contributed by atoms with Crippen molar-refractivity contribution in [3.63, 3.8) is 0 Å². The molecule has 0 radical (unpaired) electrons. The van der Waals surface area contributed by atoms with Crippen LogP contribution < -0.4 is 0 Å². The number of carbonyl (C=O) groups excluding carboxylic acids is 1. The van der Waals surface area contributed by atoms with Gasteiger partial charge in [-0.05, 0) is 13.0 Å². The number of ether oxygens (including phenoxy) is 1. The van der Waals surface area contributed by atoms with Gasteiger partial charge in [0.25, 0.3) is 6.47 Å². The third-order valence-electron chi connectivity index (χ3n) is 0.838. The number of carbonyl (C=O) groups is 1. The summed E-state index contributed by atoms with van der Waals surface area (Å²) in [5.74, 6) is 0. The Balaban J connectivity index is 0. The Bertz CT molecular complexity index is 234. The lowest BCUT2D eigenvalue weighted by Gasteiger charge is -1.79. The van der Waals surface area contributed by atoms with Crippen LogP contribution >= 0.6 is 0 Å². The van der Waals surface area contributed by atoms with Gasteiger partial charge in [0.05, 0.1) is 13.2 Å². The summed E-state index contributed by atoms with van der Waals surface area (Å²) in [4.78, 5) is 15.5. The fraction of sp³-hybridized carbons (Fsp3) is 0.300. The van der Waals surface area contributed by atoms with Gasteiger partial charge in [-0.3, -0.25) is 9.79 Å². The maximum Gasteiger partial charge on any atom is 0.293 e. The van der Waals surface area contributed by atoms with Gasteiger partial charge in [-0.1, -0.05) is 6.08 Å². The topological polar surface area (TPSA) is 43.0 Å². The minimum Gasteiger partial charge on any atom is -0.468 e. The SMILES string of the molecule is C1=CCN=C1.CCOC=O.[C-]#[N+]C#C. The van der Waals surface area contributed by atoms with Gasteiger partial charge in [-0.15, -0.1) is 6.42 Å². The van der Waals surface area contributed by atoms with Crippen molar-refractivity contribution in [3.05, 3.63) is 23.6 Å². The third kappa shape index (κ3) is 22.5. The molecule has 4 nitrogen and oxygen atoms in total. The smallest absolute Gasteiger partial charge is 0.293 e. The normalized spacial score (nSPS) is 9.36. The second-order valence-electron chi connectivity index (χ2n) is 1.73. The van der Waals surface area contributed by atoms with E-state index in [1.54, 1.807) is 19.2 Å². The Kier molecular flexibility index (Phi) is 17.7. The number of hydrogen-bond acceptors (Lipinski definition) is 3. The van der Waals surface area contributed by atoms with Crippen molar-refractivity contribution in [1.82, 2.24) is 0 Å². The van der Waals surface area contributed by atoms with Crippen molar-refractivity contribution in [2.45, 2.75) is 6.92 Å². The van der Waals surface area contributed by atoms with Crippen molar-refractivity contribution >= 4 is 12.7 Å². The van der Waals surface area contributed by atoms with Gasteiger partial charge in [0.15, 0.2) is 0 Å². The summed E-state index contributed by atoms with van der Waals surface area (Å²) in [7, 11) is 0. The molecule has 0 aliphatic carbocycles. The fourth-order valence-electron chi connectivity index (χ4n) is 0.372. The first-order valence-electron chi connectivity index (χ1n) is 3.85. The average molecular weight is 192 g/mol. The van der Waals surface area contributed by atoms with Crippen LogP contribution in [0.4, 0.5) is 0 Å². The highest BCUT2D eigenvalue weighted by molar-refractivity contribution is 5.73. The molecular formula is C10H12N2O2. The highest BCUT2D eigenvalue weighted by Gasteiger charge is 1.72. The Morgan fingerprint density at radius 1 is 1.86 bits per heavy atom. The van der Waals surface area contributed by atoms with Crippen LogP contribution in [-0.2, 0) is 9.53 Å². The van der Waals surface area contributed by atoms with Gasteiger partial charge in [0.2, 0.25) is 0 Å². The van der Waals surface area contributed by atoms with Crippen molar-refractivity contribution in [3.8, 4) is 12.5 Å². The summed E-state index contributed by atoms with van der Waals surface area (Å²) in [5, 5.41) is 0. The predicted octanol–water partition coefficient (Wildman–Crippen LogP) is 1.30. The number of allylic oxidation sites excluding steroid dienone is 1. The van der Waals surface area contributed by atoms with E-state index in [1.165, 1.54) is 0 Å². The predicted molar refractivity (Wildman–Crippen MR) is 55.6 cm³/mol. The molecule has 1 rings (SSSR count). The molecular weight excluding hydrogens is 180 g/mol. The molecule has 0 amide bonds. The molecule has 4 heteroatoms. The molecule has 0 bridgehead atoms. The summed E-state index contributed by atoms with van der Waals surface area (Å²) in [6, 6.07) is 1.72. The quantitative estimate of drug-likeness (QED) is 0.376. The maximum absolute atomic E-state index is 9.18. The molecule has 0 N–H and O–H groups in total. The van der Waals surface area contributed by atoms with Crippen LogP contribution in [0.2, 0.25) is 0 Å². The van der Waals surface area contributed by atoms with Crippen LogP contribution in [0, 0.1) is 19.0 Å². The molecule has 0 aromatic heterocycles. The van der Waals surface area contributed by atoms with Crippen LogP contribution in [0.25, 0.3) is 4.85 Å². The zero-order valence-corrected chi connectivity index (χ0v) is 8.01. The van der Waals surface area contributed by atoms with Crippen LogP contribution in [0.3, 0.4) is 0 Å². The van der Waals surface area contributed by atoms with Crippen LogP contribution in [0.15, 0.2) is 17.1 Å². The van der Waals surface area contributed by atoms with Crippen LogP contribution in [0.5, 0.6) is 0 Å². The average Bonchev–Trinajstić information content (AvgIpc) is 2.78. The fourth-order valence-corrected chi connectivity index (χ4v) is 0.372. The number of aliphatic imine (C=N–C) groups is 1. The number of hydrogen-bond donors (Lipinski definition) is 0. The zero-order chi connectivity index (χ0) is 11.1. The van der Waals surface area contributed by atoms with Gasteiger partial charge in [-0.2, -0.15) is 4.85 Å². The number of terminal acetylenes is 1. The molecule has 14 heavy (non-hydrogen) atoms. The minimum absolute atomic E-state index is 0.431. The first-order chi connectivity index (χ1) is 6.83. The molecule has 1 aliphatic rings. The van der Waals surface area contributed by atoms with Crippen LogP contribution in [0.1, 0.15) is 6.92 Å². The number of nitrogens with zero attached hydrogens (tertiary/aromatic N) is 2. The first-order valence-corrected chi connectivity index (χ1v) is 3.85. The zero-order valence-electron chi connectivity index (χ0n) is 8.01. The second-order valence-corrected chi connectivity index (χ2v) is 1.73. The molecule has 0 aromatic carbocycles. The van der Waals surface area contributed by atoms with E-state index in [0.29, 0.717) is 13.1 Å². The van der Waals surface area contributed by atoms with Crippen molar-refractivity contribution in [2.24, 2.45) is 4.99 Å². The van der Waals surface area contributed by atoms with Crippen molar-refractivity contribution in [1.29, 1.82) is 0 Å². The van der Waals surface area contributed by atoms with Crippen molar-refractivity contribution < 1.29 is 9.53 Å². The molecule has 1 aliphatic heterocycles. The van der Waals surface area contributed by atoms with Gasteiger partial charge in [0.1, 0.15) is 12.6 Å². The van der Waals surface area contributed by atoms with E-state index in [2.05, 4.69) is 21.0 Å². The first kappa shape index (κ1) is 14.5. The molecule has 0 saturated carbocycles. The van der Waals surface area contributed by atoms with E-state index in [9.17, 15) is 4.79 Å². The van der Waals surface area contributed by atoms with E-state index in [-0.39, 0.29) is 0 Å². The van der Waals surface area contributed by atoms with Crippen molar-refractivity contribution in [2.75, 3.05) is 13.2 Å². The summed E-state index contributed by atoms with van der Waals surface area (Å²) in [5.41, 5.74) is 0. The summed E-state index contributed by atoms with van der Waals surface area (Å²) in [6.07, 6.45) is 10.2. The Hall–Kier alpha value is -2.07. The molecule has 1 heterocycles. The minimum atomic E-state index is 0.431. The Morgan fingerprint density at radius 3 is 2.57 bits per heavy atom. The maximum atomic E-state index is 9.18. The van der Waals surface area contributed by atoms with Gasteiger partial charge in [-0.25, -0.2) is 0 Å². The van der Waals surface area contributed by atoms with Gasteiger partial charge in [0, 0.05) is 6.21 Å². The van der Waals surface area contributed by atoms with E-state index in [0.717, 1.165) is 6.54 Å². The van der Waals surface area contributed by atoms with Gasteiger partial charge >= 0.3 is 0 Å². The molecule has 0 fully saturated rings. The van der Waals surface area contributed by atoms with E-state index in [4.69, 9.17) is 6.57 Å². The van der Waals surface area contributed by atoms with E-state index in [1.807, 2.05) is 12.2 Å². The number of rotatable bonds is 2. The van der Waals surface area contributed by atoms with Crippen LogP contribution in [-0.4, -0.2) is 25.8 Å². The molecule has 0 unspecified atom stereocenters. The van der Waals surface area contributed by atoms with Gasteiger partial charge < -0.3 is 4.74 Å². The Labute approximate surface area is 84.1 Å². The molecule has 0 saturated heterocycles. The molecule has 0 spiro atoms. The lowest BCUT2D eigenvalue weighted by Crippen LogP contribution is -1.80. The Morgan fingerprint density at radius 2 is 2.50 bits per heavy atom. The lowest BCUT2D eigenvalue weighted by atomic mass is 10.6. The monoisotopic (exact) mass is 192 g/mol. The molecule has 0 atom stereocenters. The summed E-state index contributed by atoms with van der Waals surface area (Å²) in [6.45, 7) is 9.39. The standard InChI is InChI=1S/C4H5N.C3HN.C3H6O2/c1-2-4-5-3-1;1-3-4-2;1-2-5-3-4/h1-3H,4H2;1H;3H,2H2,1H3. The van der Waals surface area contributed by atoms with E-state index < -0.39 is 0 Å². The summed E-state index contributed by atoms with van der Waals surface area (Å²) < 4.78 is 4.15. The molecule has 74 valence electrons. The second kappa shape index (κ2) is 17.1. The largest absolute Gasteiger partial charge is 0.468 e. The lowest BCUT2D eigenvalue weighted by molar-refractivity contribution is -0.128. The third-order valence-corrected chi connectivity index (χ3v) is 0.838.